The highest BCUT2D eigenvalue weighted by molar-refractivity contribution is 7.89. The molecule has 0 unspecified atom stereocenters. The first-order chi connectivity index (χ1) is 13.5. The van der Waals surface area contributed by atoms with Crippen LogP contribution in [0.5, 0.6) is 5.75 Å². The van der Waals surface area contributed by atoms with Crippen molar-refractivity contribution in [3.8, 4) is 5.75 Å². The number of para-hydroxylation sites is 1. The van der Waals surface area contributed by atoms with Crippen molar-refractivity contribution in [1.82, 2.24) is 9.62 Å². The van der Waals surface area contributed by atoms with E-state index < -0.39 is 10.0 Å². The molecule has 1 heterocycles. The molecule has 1 aliphatic rings. The third kappa shape index (κ3) is 6.35. The number of nitrogens with one attached hydrogen (secondary N) is 1. The number of ether oxygens (including phenoxy) is 1. The van der Waals surface area contributed by atoms with Crippen molar-refractivity contribution >= 4 is 16.1 Å². The summed E-state index contributed by atoms with van der Waals surface area (Å²) in [6.45, 7) is 1.56. The molecule has 0 bridgehead atoms. The fourth-order valence-corrected chi connectivity index (χ4v) is 4.33. The number of aryl methyl sites for hydroxylation is 1. The lowest BCUT2D eigenvalue weighted by molar-refractivity contribution is 0.131. The Hall–Kier alpha value is -2.38. The van der Waals surface area contributed by atoms with Gasteiger partial charge < -0.3 is 9.64 Å². The Bertz CT molecular complexity index is 848. The Morgan fingerprint density at radius 2 is 1.61 bits per heavy atom. The second-order valence-corrected chi connectivity index (χ2v) is 8.94. The van der Waals surface area contributed by atoms with E-state index in [1.165, 1.54) is 0 Å². The van der Waals surface area contributed by atoms with Gasteiger partial charge in [0.25, 0.3) is 0 Å². The Morgan fingerprint density at radius 3 is 2.25 bits per heavy atom. The maximum Gasteiger partial charge on any atom is 0.415 e. The zero-order valence-corrected chi connectivity index (χ0v) is 16.6. The molecule has 0 saturated carbocycles. The highest BCUT2D eigenvalue weighted by Crippen LogP contribution is 2.19. The monoisotopic (exact) mass is 402 g/mol. The fraction of sp³-hybridized carbons (Fsp3) is 0.381. The molecule has 0 radical (unpaired) electrons. The van der Waals surface area contributed by atoms with E-state index in [1.54, 1.807) is 17.0 Å². The standard InChI is InChI=1S/C21H26N2O4S/c24-21(27-20-9-5-2-6-10-20)23-14-11-19(12-15-23)17-22-28(25,26)16-13-18-7-3-1-4-8-18/h1-10,19,22H,11-17H2. The van der Waals surface area contributed by atoms with Gasteiger partial charge in [-0.05, 0) is 42.9 Å². The molecule has 0 spiro atoms. The van der Waals surface area contributed by atoms with Gasteiger partial charge >= 0.3 is 6.09 Å². The van der Waals surface area contributed by atoms with Crippen LogP contribution in [0.25, 0.3) is 0 Å². The maximum atomic E-state index is 12.2. The zero-order chi connectivity index (χ0) is 19.8. The fourth-order valence-electron chi connectivity index (χ4n) is 3.19. The van der Waals surface area contributed by atoms with Crippen LogP contribution in [-0.2, 0) is 16.4 Å². The second kappa shape index (κ2) is 9.71. The van der Waals surface area contributed by atoms with E-state index in [-0.39, 0.29) is 17.8 Å². The number of hydrogen-bond acceptors (Lipinski definition) is 4. The van der Waals surface area contributed by atoms with Crippen molar-refractivity contribution in [2.45, 2.75) is 19.3 Å². The molecule has 1 saturated heterocycles. The molecule has 1 fully saturated rings. The minimum absolute atomic E-state index is 0.0826. The summed E-state index contributed by atoms with van der Waals surface area (Å²) in [6.07, 6.45) is 1.66. The average Bonchev–Trinajstić information content (AvgIpc) is 2.73. The molecule has 1 aliphatic heterocycles. The normalized spacial score (nSPS) is 15.4. The average molecular weight is 403 g/mol. The van der Waals surface area contributed by atoms with Gasteiger partial charge in [-0.15, -0.1) is 0 Å². The Kier molecular flexibility index (Phi) is 7.06. The van der Waals surface area contributed by atoms with Crippen molar-refractivity contribution < 1.29 is 17.9 Å². The summed E-state index contributed by atoms with van der Waals surface area (Å²) >= 11 is 0. The van der Waals surface area contributed by atoms with Crippen LogP contribution in [0.15, 0.2) is 60.7 Å². The van der Waals surface area contributed by atoms with E-state index >= 15 is 0 Å². The van der Waals surface area contributed by atoms with Gasteiger partial charge in [-0.1, -0.05) is 48.5 Å². The second-order valence-electron chi connectivity index (χ2n) is 7.01. The zero-order valence-electron chi connectivity index (χ0n) is 15.8. The molecule has 3 rings (SSSR count). The summed E-state index contributed by atoms with van der Waals surface area (Å²) in [5, 5.41) is 0. The number of carbonyl (C=O) groups excluding carboxylic acids is 1. The number of sulfonamides is 1. The van der Waals surface area contributed by atoms with Crippen LogP contribution < -0.4 is 9.46 Å². The van der Waals surface area contributed by atoms with Crippen LogP contribution in [-0.4, -0.2) is 44.8 Å². The van der Waals surface area contributed by atoms with E-state index in [0.717, 1.165) is 18.4 Å². The summed E-state index contributed by atoms with van der Waals surface area (Å²) in [7, 11) is -3.30. The predicted molar refractivity (Wildman–Crippen MR) is 109 cm³/mol. The molecular weight excluding hydrogens is 376 g/mol. The molecule has 150 valence electrons. The number of rotatable bonds is 7. The van der Waals surface area contributed by atoms with Gasteiger partial charge in [0.2, 0.25) is 10.0 Å². The van der Waals surface area contributed by atoms with Crippen molar-refractivity contribution in [1.29, 1.82) is 0 Å². The third-order valence-electron chi connectivity index (χ3n) is 4.92. The van der Waals surface area contributed by atoms with Crippen molar-refractivity contribution in [2.75, 3.05) is 25.4 Å². The molecule has 0 atom stereocenters. The number of hydrogen-bond donors (Lipinski definition) is 1. The van der Waals surface area contributed by atoms with Crippen molar-refractivity contribution in [3.63, 3.8) is 0 Å². The number of likely N-dealkylation sites (tertiary alicyclic amines) is 1. The van der Waals surface area contributed by atoms with E-state index in [9.17, 15) is 13.2 Å². The van der Waals surface area contributed by atoms with Gasteiger partial charge in [0.05, 0.1) is 5.75 Å². The molecule has 7 heteroatoms. The van der Waals surface area contributed by atoms with E-state index in [4.69, 9.17) is 4.74 Å². The number of piperidine rings is 1. The van der Waals surface area contributed by atoms with Gasteiger partial charge in [0.15, 0.2) is 0 Å². The minimum atomic E-state index is -3.30. The molecule has 28 heavy (non-hydrogen) atoms. The molecule has 1 N–H and O–H groups in total. The van der Waals surface area contributed by atoms with Gasteiger partial charge in [0, 0.05) is 19.6 Å². The molecule has 0 aliphatic carbocycles. The summed E-state index contributed by atoms with van der Waals surface area (Å²) in [5.41, 5.74) is 1.01. The first kappa shape index (κ1) is 20.4. The lowest BCUT2D eigenvalue weighted by Gasteiger charge is -2.31. The summed E-state index contributed by atoms with van der Waals surface area (Å²) in [6, 6.07) is 18.6. The lowest BCUT2D eigenvalue weighted by Crippen LogP contribution is -2.43. The van der Waals surface area contributed by atoms with Crippen LogP contribution in [0, 0.1) is 5.92 Å². The van der Waals surface area contributed by atoms with Crippen molar-refractivity contribution in [3.05, 3.63) is 66.2 Å². The largest absolute Gasteiger partial charge is 0.415 e. The molecule has 2 aromatic carbocycles. The first-order valence-electron chi connectivity index (χ1n) is 9.55. The number of benzene rings is 2. The molecule has 6 nitrogen and oxygen atoms in total. The molecule has 1 amide bonds. The maximum absolute atomic E-state index is 12.2. The Labute approximate surface area is 166 Å². The molecular formula is C21H26N2O4S. The SMILES string of the molecule is O=C(Oc1ccccc1)N1CCC(CNS(=O)(=O)CCc2ccccc2)CC1. The summed E-state index contributed by atoms with van der Waals surface area (Å²) in [5.74, 6) is 0.840. The predicted octanol–water partition coefficient (Wildman–Crippen LogP) is 3.06. The third-order valence-corrected chi connectivity index (χ3v) is 6.26. The Morgan fingerprint density at radius 1 is 1.00 bits per heavy atom. The van der Waals surface area contributed by atoms with Gasteiger partial charge in [-0.3, -0.25) is 0 Å². The number of amides is 1. The summed E-state index contributed by atoms with van der Waals surface area (Å²) in [4.78, 5) is 13.9. The van der Waals surface area contributed by atoms with Crippen LogP contribution >= 0.6 is 0 Å². The smallest absolute Gasteiger partial charge is 0.410 e. The topological polar surface area (TPSA) is 75.7 Å². The molecule has 0 aromatic heterocycles. The molecule has 2 aromatic rings. The minimum Gasteiger partial charge on any atom is -0.410 e. The number of nitrogens with zero attached hydrogens (tertiary/aromatic N) is 1. The lowest BCUT2D eigenvalue weighted by atomic mass is 9.97. The van der Waals surface area contributed by atoms with Crippen LogP contribution in [0.3, 0.4) is 0 Å². The van der Waals surface area contributed by atoms with E-state index in [0.29, 0.717) is 31.8 Å². The van der Waals surface area contributed by atoms with E-state index in [1.807, 2.05) is 48.5 Å². The highest BCUT2D eigenvalue weighted by atomic mass is 32.2. The van der Waals surface area contributed by atoms with E-state index in [2.05, 4.69) is 4.72 Å². The summed E-state index contributed by atoms with van der Waals surface area (Å²) < 4.78 is 32.5. The quantitative estimate of drug-likeness (QED) is 0.772. The van der Waals surface area contributed by atoms with Crippen LogP contribution in [0.2, 0.25) is 0 Å². The number of carbonyl (C=O) groups is 1. The van der Waals surface area contributed by atoms with Gasteiger partial charge in [0.1, 0.15) is 5.75 Å². The van der Waals surface area contributed by atoms with Crippen molar-refractivity contribution in [2.24, 2.45) is 5.92 Å². The first-order valence-corrected chi connectivity index (χ1v) is 11.2. The van der Waals surface area contributed by atoms with Gasteiger partial charge in [-0.2, -0.15) is 0 Å². The van der Waals surface area contributed by atoms with Gasteiger partial charge in [-0.25, -0.2) is 17.9 Å². The Balaban J connectivity index is 1.38. The van der Waals surface area contributed by atoms with Crippen LogP contribution in [0.1, 0.15) is 18.4 Å². The highest BCUT2D eigenvalue weighted by Gasteiger charge is 2.25. The van der Waals surface area contributed by atoms with Crippen LogP contribution in [0.4, 0.5) is 4.79 Å².